The largest absolute Gasteiger partial charge is 0.388 e. The quantitative estimate of drug-likeness (QED) is 0.896. The Balaban J connectivity index is 1.63. The van der Waals surface area contributed by atoms with Crippen LogP contribution >= 0.6 is 0 Å². The minimum atomic E-state index is -0.323. The van der Waals surface area contributed by atoms with Crippen molar-refractivity contribution in [1.29, 1.82) is 0 Å². The Morgan fingerprint density at radius 3 is 2.57 bits per heavy atom. The van der Waals surface area contributed by atoms with Crippen molar-refractivity contribution in [3.05, 3.63) is 29.3 Å². The number of anilines is 1. The molecule has 0 aromatic heterocycles. The van der Waals surface area contributed by atoms with Crippen LogP contribution in [-0.2, 0) is 6.42 Å². The van der Waals surface area contributed by atoms with Crippen LogP contribution < -0.4 is 4.90 Å². The van der Waals surface area contributed by atoms with Gasteiger partial charge in [0.15, 0.2) is 0 Å². The molecule has 1 unspecified atom stereocenters. The lowest BCUT2D eigenvalue weighted by Gasteiger charge is -2.35. The molecule has 23 heavy (non-hydrogen) atoms. The van der Waals surface area contributed by atoms with E-state index in [1.165, 1.54) is 50.0 Å². The topological polar surface area (TPSA) is 26.7 Å². The molecule has 3 rings (SSSR count). The molecule has 1 saturated heterocycles. The number of fused-ring (bicyclic) bond motifs is 1. The molecular formula is C20H32N2O. The maximum atomic E-state index is 10.6. The molecule has 0 radical (unpaired) electrons. The fourth-order valence-electron chi connectivity index (χ4n) is 4.04. The molecule has 2 aliphatic rings. The van der Waals surface area contributed by atoms with E-state index in [0.29, 0.717) is 6.04 Å². The molecule has 0 saturated carbocycles. The monoisotopic (exact) mass is 316 g/mol. The van der Waals surface area contributed by atoms with Crippen molar-refractivity contribution in [2.75, 3.05) is 31.1 Å². The summed E-state index contributed by atoms with van der Waals surface area (Å²) in [6, 6.07) is 7.17. The number of nitrogens with zero attached hydrogens (tertiary/aromatic N) is 2. The number of aliphatic hydroxyl groups is 1. The van der Waals surface area contributed by atoms with Crippen LogP contribution in [0.2, 0.25) is 0 Å². The van der Waals surface area contributed by atoms with Crippen molar-refractivity contribution in [3.8, 4) is 0 Å². The van der Waals surface area contributed by atoms with E-state index >= 15 is 0 Å². The molecule has 0 spiro atoms. The summed E-state index contributed by atoms with van der Waals surface area (Å²) in [5, 5.41) is 10.6. The first-order valence-electron chi connectivity index (χ1n) is 9.45. The Morgan fingerprint density at radius 1 is 1.04 bits per heavy atom. The summed E-state index contributed by atoms with van der Waals surface area (Å²) in [7, 11) is 0. The Kier molecular flexibility index (Phi) is 5.60. The highest BCUT2D eigenvalue weighted by atomic mass is 16.3. The van der Waals surface area contributed by atoms with Gasteiger partial charge in [-0.15, -0.1) is 0 Å². The molecule has 3 heteroatoms. The third-order valence-corrected chi connectivity index (χ3v) is 5.43. The number of likely N-dealkylation sites (tertiary alicyclic amines) is 1. The molecule has 2 aliphatic heterocycles. The lowest BCUT2D eigenvalue weighted by atomic mass is 9.95. The smallest absolute Gasteiger partial charge is 0.0802 e. The first-order valence-corrected chi connectivity index (χ1v) is 9.45. The van der Waals surface area contributed by atoms with E-state index in [1.807, 2.05) is 0 Å². The lowest BCUT2D eigenvalue weighted by molar-refractivity contribution is 0.134. The van der Waals surface area contributed by atoms with E-state index in [9.17, 15) is 5.11 Å². The molecule has 0 aliphatic carbocycles. The van der Waals surface area contributed by atoms with Gasteiger partial charge in [0.2, 0.25) is 0 Å². The molecule has 2 heterocycles. The minimum Gasteiger partial charge on any atom is -0.388 e. The van der Waals surface area contributed by atoms with Gasteiger partial charge in [0.05, 0.1) is 6.10 Å². The zero-order chi connectivity index (χ0) is 16.2. The van der Waals surface area contributed by atoms with Crippen LogP contribution in [0.15, 0.2) is 18.2 Å². The molecule has 0 amide bonds. The van der Waals surface area contributed by atoms with Crippen molar-refractivity contribution in [1.82, 2.24) is 4.90 Å². The fraction of sp³-hybridized carbons (Fsp3) is 0.700. The number of piperidine rings is 1. The van der Waals surface area contributed by atoms with Crippen molar-refractivity contribution < 1.29 is 5.11 Å². The van der Waals surface area contributed by atoms with Crippen molar-refractivity contribution in [2.45, 2.75) is 64.5 Å². The van der Waals surface area contributed by atoms with Gasteiger partial charge in [0, 0.05) is 24.8 Å². The highest BCUT2D eigenvalue weighted by molar-refractivity contribution is 5.57. The molecule has 1 N–H and O–H groups in total. The van der Waals surface area contributed by atoms with Gasteiger partial charge in [-0.3, -0.25) is 0 Å². The number of hydrogen-bond donors (Lipinski definition) is 1. The molecule has 128 valence electrons. The van der Waals surface area contributed by atoms with Crippen LogP contribution in [0.1, 0.15) is 63.2 Å². The van der Waals surface area contributed by atoms with Crippen LogP contribution in [0.3, 0.4) is 0 Å². The van der Waals surface area contributed by atoms with Gasteiger partial charge < -0.3 is 14.9 Å². The number of rotatable bonds is 5. The summed E-state index contributed by atoms with van der Waals surface area (Å²) < 4.78 is 0. The lowest BCUT2D eigenvalue weighted by Crippen LogP contribution is -2.35. The van der Waals surface area contributed by atoms with Gasteiger partial charge in [0.25, 0.3) is 0 Å². The number of aryl methyl sites for hydroxylation is 1. The first-order chi connectivity index (χ1) is 11.1. The Bertz CT molecular complexity index is 508. The third kappa shape index (κ3) is 4.07. The summed E-state index contributed by atoms with van der Waals surface area (Å²) in [6.07, 6.45) is 6.91. The van der Waals surface area contributed by atoms with E-state index in [0.717, 1.165) is 31.5 Å². The average molecular weight is 316 g/mol. The summed E-state index contributed by atoms with van der Waals surface area (Å²) in [4.78, 5) is 4.99. The average Bonchev–Trinajstić information content (AvgIpc) is 2.59. The molecule has 1 aromatic rings. The molecular weight excluding hydrogens is 284 g/mol. The molecule has 0 bridgehead atoms. The van der Waals surface area contributed by atoms with Gasteiger partial charge in [-0.2, -0.15) is 0 Å². The second-order valence-electron chi connectivity index (χ2n) is 7.49. The first kappa shape index (κ1) is 16.8. The second-order valence-corrected chi connectivity index (χ2v) is 7.49. The molecule has 1 aromatic carbocycles. The fourth-order valence-corrected chi connectivity index (χ4v) is 4.04. The van der Waals surface area contributed by atoms with Gasteiger partial charge in [-0.25, -0.2) is 0 Å². The number of hydrogen-bond acceptors (Lipinski definition) is 3. The van der Waals surface area contributed by atoms with Crippen LogP contribution in [0.25, 0.3) is 0 Å². The Labute approximate surface area is 141 Å². The van der Waals surface area contributed by atoms with Gasteiger partial charge in [-0.05, 0) is 76.2 Å². The van der Waals surface area contributed by atoms with Crippen LogP contribution in [-0.4, -0.2) is 42.2 Å². The zero-order valence-corrected chi connectivity index (χ0v) is 14.8. The highest BCUT2D eigenvalue weighted by Crippen LogP contribution is 2.31. The highest BCUT2D eigenvalue weighted by Gasteiger charge is 2.21. The third-order valence-electron chi connectivity index (χ3n) is 5.43. The summed E-state index contributed by atoms with van der Waals surface area (Å²) >= 11 is 0. The SMILES string of the molecule is CC(C)N1CCCc2cc(C(O)CCN3CCCCC3)ccc21. The van der Waals surface area contributed by atoms with Crippen molar-refractivity contribution >= 4 is 5.69 Å². The Hall–Kier alpha value is -1.06. The second kappa shape index (κ2) is 7.67. The van der Waals surface area contributed by atoms with Crippen LogP contribution in [0.5, 0.6) is 0 Å². The zero-order valence-electron chi connectivity index (χ0n) is 14.8. The number of benzene rings is 1. The maximum Gasteiger partial charge on any atom is 0.0802 e. The van der Waals surface area contributed by atoms with Crippen molar-refractivity contribution in [3.63, 3.8) is 0 Å². The van der Waals surface area contributed by atoms with Gasteiger partial charge >= 0.3 is 0 Å². The standard InChI is InChI=1S/C20H32N2O/c1-16(2)22-13-6-7-17-15-18(8-9-19(17)22)20(23)10-14-21-11-4-3-5-12-21/h8-9,15-16,20,23H,3-7,10-14H2,1-2H3. The van der Waals surface area contributed by atoms with E-state index in [-0.39, 0.29) is 6.10 Å². The Morgan fingerprint density at radius 2 is 1.83 bits per heavy atom. The summed E-state index contributed by atoms with van der Waals surface area (Å²) in [5.74, 6) is 0. The maximum absolute atomic E-state index is 10.6. The van der Waals surface area contributed by atoms with Gasteiger partial charge in [0.1, 0.15) is 0 Å². The summed E-state index contributed by atoms with van der Waals surface area (Å²) in [6.45, 7) is 9.12. The predicted octanol–water partition coefficient (Wildman–Crippen LogP) is 3.76. The predicted molar refractivity (Wildman–Crippen MR) is 97.1 cm³/mol. The van der Waals surface area contributed by atoms with Crippen LogP contribution in [0.4, 0.5) is 5.69 Å². The molecule has 1 fully saturated rings. The van der Waals surface area contributed by atoms with Crippen LogP contribution in [0, 0.1) is 0 Å². The normalized spacial score (nSPS) is 20.6. The van der Waals surface area contributed by atoms with E-state index in [4.69, 9.17) is 0 Å². The molecule has 3 nitrogen and oxygen atoms in total. The summed E-state index contributed by atoms with van der Waals surface area (Å²) in [5.41, 5.74) is 3.89. The number of aliphatic hydroxyl groups excluding tert-OH is 1. The van der Waals surface area contributed by atoms with E-state index < -0.39 is 0 Å². The minimum absolute atomic E-state index is 0.323. The van der Waals surface area contributed by atoms with E-state index in [1.54, 1.807) is 0 Å². The van der Waals surface area contributed by atoms with Gasteiger partial charge in [-0.1, -0.05) is 18.6 Å². The van der Waals surface area contributed by atoms with E-state index in [2.05, 4.69) is 41.8 Å². The van der Waals surface area contributed by atoms with Crippen molar-refractivity contribution in [2.24, 2.45) is 0 Å². The molecule has 1 atom stereocenters.